The van der Waals surface area contributed by atoms with Crippen LogP contribution in [0.4, 0.5) is 0 Å². The van der Waals surface area contributed by atoms with E-state index in [1.165, 1.54) is 0 Å². The SMILES string of the molecule is CC(C)OC(=O)[C@H](O)[C@@H](NC(=O)Cc1ccccc1)c1ccccc1. The third-order valence-electron chi connectivity index (χ3n) is 3.59. The Morgan fingerprint density at radius 2 is 1.56 bits per heavy atom. The third kappa shape index (κ3) is 5.72. The third-order valence-corrected chi connectivity index (χ3v) is 3.59. The van der Waals surface area contributed by atoms with Gasteiger partial charge in [0.2, 0.25) is 5.91 Å². The first-order valence-corrected chi connectivity index (χ1v) is 8.24. The van der Waals surface area contributed by atoms with Crippen LogP contribution in [0, 0.1) is 0 Å². The normalized spacial score (nSPS) is 13.1. The van der Waals surface area contributed by atoms with Gasteiger partial charge in [0.05, 0.1) is 18.6 Å². The highest BCUT2D eigenvalue weighted by molar-refractivity contribution is 5.81. The second kappa shape index (κ2) is 8.99. The van der Waals surface area contributed by atoms with Gasteiger partial charge in [-0.1, -0.05) is 60.7 Å². The standard InChI is InChI=1S/C20H23NO4/c1-14(2)25-20(24)19(23)18(16-11-7-4-8-12-16)21-17(22)13-15-9-5-3-6-10-15/h3-12,14,18-19,23H,13H2,1-2H3,(H,21,22)/t18-,19+/m0/s1. The zero-order valence-corrected chi connectivity index (χ0v) is 14.4. The number of ether oxygens (including phenoxy) is 1. The highest BCUT2D eigenvalue weighted by Gasteiger charge is 2.30. The molecule has 0 aromatic heterocycles. The Hall–Kier alpha value is -2.66. The van der Waals surface area contributed by atoms with E-state index in [-0.39, 0.29) is 18.4 Å². The number of carbonyl (C=O) groups is 2. The largest absolute Gasteiger partial charge is 0.461 e. The minimum absolute atomic E-state index is 0.163. The van der Waals surface area contributed by atoms with Crippen molar-refractivity contribution in [3.05, 3.63) is 71.8 Å². The van der Waals surface area contributed by atoms with Gasteiger partial charge in [0.15, 0.2) is 6.10 Å². The molecular weight excluding hydrogens is 318 g/mol. The number of aliphatic hydroxyl groups is 1. The van der Waals surface area contributed by atoms with E-state index < -0.39 is 18.1 Å². The quantitative estimate of drug-likeness (QED) is 0.758. The Morgan fingerprint density at radius 1 is 1.00 bits per heavy atom. The summed E-state index contributed by atoms with van der Waals surface area (Å²) in [4.78, 5) is 24.5. The van der Waals surface area contributed by atoms with Crippen LogP contribution in [0.1, 0.15) is 31.0 Å². The van der Waals surface area contributed by atoms with Crippen molar-refractivity contribution in [3.63, 3.8) is 0 Å². The Balaban J connectivity index is 2.14. The van der Waals surface area contributed by atoms with Gasteiger partial charge in [-0.15, -0.1) is 0 Å². The molecule has 1 amide bonds. The van der Waals surface area contributed by atoms with E-state index in [4.69, 9.17) is 4.74 Å². The molecule has 0 unspecified atom stereocenters. The van der Waals surface area contributed by atoms with E-state index >= 15 is 0 Å². The fourth-order valence-corrected chi connectivity index (χ4v) is 2.45. The first-order chi connectivity index (χ1) is 12.0. The number of rotatable bonds is 7. The van der Waals surface area contributed by atoms with Crippen LogP contribution in [0.3, 0.4) is 0 Å². The number of esters is 1. The first-order valence-electron chi connectivity index (χ1n) is 8.24. The number of hydrogen-bond donors (Lipinski definition) is 2. The molecule has 0 aliphatic carbocycles. The molecule has 0 saturated heterocycles. The Bertz CT molecular complexity index is 685. The summed E-state index contributed by atoms with van der Waals surface area (Å²) in [5.41, 5.74) is 1.49. The molecule has 2 aromatic rings. The van der Waals surface area contributed by atoms with Gasteiger partial charge in [-0.3, -0.25) is 4.79 Å². The fourth-order valence-electron chi connectivity index (χ4n) is 2.45. The number of benzene rings is 2. The van der Waals surface area contributed by atoms with Gasteiger partial charge >= 0.3 is 5.97 Å². The van der Waals surface area contributed by atoms with E-state index in [1.54, 1.807) is 38.1 Å². The molecule has 2 rings (SSSR count). The zero-order valence-electron chi connectivity index (χ0n) is 14.4. The van der Waals surface area contributed by atoms with Crippen molar-refractivity contribution in [1.29, 1.82) is 0 Å². The topological polar surface area (TPSA) is 75.6 Å². The molecule has 0 radical (unpaired) electrons. The average molecular weight is 341 g/mol. The molecule has 0 heterocycles. The lowest BCUT2D eigenvalue weighted by atomic mass is 10.0. The predicted octanol–water partition coefficient (Wildman–Crippen LogP) is 2.40. The Morgan fingerprint density at radius 3 is 2.12 bits per heavy atom. The summed E-state index contributed by atoms with van der Waals surface area (Å²) in [5, 5.41) is 13.2. The van der Waals surface area contributed by atoms with Crippen LogP contribution in [0.2, 0.25) is 0 Å². The van der Waals surface area contributed by atoms with Crippen LogP contribution in [0.15, 0.2) is 60.7 Å². The van der Waals surface area contributed by atoms with E-state index in [0.29, 0.717) is 5.56 Å². The highest BCUT2D eigenvalue weighted by atomic mass is 16.6. The summed E-state index contributed by atoms with van der Waals surface area (Å²) in [6.07, 6.45) is -1.67. The lowest BCUT2D eigenvalue weighted by molar-refractivity contribution is -0.159. The fraction of sp³-hybridized carbons (Fsp3) is 0.300. The summed E-state index contributed by atoms with van der Waals surface area (Å²) >= 11 is 0. The molecule has 0 bridgehead atoms. The lowest BCUT2D eigenvalue weighted by Crippen LogP contribution is -2.42. The molecule has 2 atom stereocenters. The van der Waals surface area contributed by atoms with Gasteiger partial charge in [-0.05, 0) is 25.0 Å². The van der Waals surface area contributed by atoms with Gasteiger partial charge in [-0.2, -0.15) is 0 Å². The molecule has 2 aromatic carbocycles. The summed E-state index contributed by atoms with van der Waals surface area (Å²) in [5.74, 6) is -1.04. The van der Waals surface area contributed by atoms with Crippen LogP contribution in [0.25, 0.3) is 0 Å². The van der Waals surface area contributed by atoms with Crippen LogP contribution in [-0.2, 0) is 20.7 Å². The molecule has 25 heavy (non-hydrogen) atoms. The number of carbonyl (C=O) groups excluding carboxylic acids is 2. The maximum Gasteiger partial charge on any atom is 0.337 e. The van der Waals surface area contributed by atoms with E-state index in [0.717, 1.165) is 5.56 Å². The summed E-state index contributed by atoms with van der Waals surface area (Å²) in [7, 11) is 0. The lowest BCUT2D eigenvalue weighted by Gasteiger charge is -2.24. The monoisotopic (exact) mass is 341 g/mol. The van der Waals surface area contributed by atoms with Gasteiger partial charge in [0.1, 0.15) is 0 Å². The Kier molecular flexibility index (Phi) is 6.71. The van der Waals surface area contributed by atoms with Crippen LogP contribution >= 0.6 is 0 Å². The second-order valence-electron chi connectivity index (χ2n) is 6.05. The molecule has 0 spiro atoms. The highest BCUT2D eigenvalue weighted by Crippen LogP contribution is 2.19. The maximum absolute atomic E-state index is 12.4. The van der Waals surface area contributed by atoms with Crippen LogP contribution in [0.5, 0.6) is 0 Å². The second-order valence-corrected chi connectivity index (χ2v) is 6.05. The molecule has 5 heteroatoms. The number of aliphatic hydroxyl groups excluding tert-OH is 1. The Labute approximate surface area is 147 Å². The first kappa shape index (κ1) is 18.7. The van der Waals surface area contributed by atoms with Crippen LogP contribution in [-0.4, -0.2) is 29.2 Å². The number of amides is 1. The molecule has 132 valence electrons. The molecular formula is C20H23NO4. The minimum Gasteiger partial charge on any atom is -0.461 e. The van der Waals surface area contributed by atoms with Crippen molar-refractivity contribution >= 4 is 11.9 Å². The minimum atomic E-state index is -1.48. The van der Waals surface area contributed by atoms with E-state index in [9.17, 15) is 14.7 Å². The predicted molar refractivity (Wildman–Crippen MR) is 94.7 cm³/mol. The molecule has 2 N–H and O–H groups in total. The number of hydrogen-bond acceptors (Lipinski definition) is 4. The summed E-state index contributed by atoms with van der Waals surface area (Å²) in [6.45, 7) is 3.41. The maximum atomic E-state index is 12.4. The molecule has 0 aliphatic rings. The van der Waals surface area contributed by atoms with Gasteiger partial charge in [0.25, 0.3) is 0 Å². The van der Waals surface area contributed by atoms with Crippen molar-refractivity contribution < 1.29 is 19.4 Å². The van der Waals surface area contributed by atoms with Crippen molar-refractivity contribution in [3.8, 4) is 0 Å². The average Bonchev–Trinajstić information content (AvgIpc) is 2.60. The zero-order chi connectivity index (χ0) is 18.2. The van der Waals surface area contributed by atoms with E-state index in [1.807, 2.05) is 36.4 Å². The van der Waals surface area contributed by atoms with Crippen molar-refractivity contribution in [1.82, 2.24) is 5.32 Å². The number of nitrogens with one attached hydrogen (secondary N) is 1. The van der Waals surface area contributed by atoms with Gasteiger partial charge in [-0.25, -0.2) is 4.79 Å². The molecule has 0 fully saturated rings. The molecule has 0 aliphatic heterocycles. The van der Waals surface area contributed by atoms with Gasteiger partial charge in [0, 0.05) is 0 Å². The molecule has 0 saturated carbocycles. The van der Waals surface area contributed by atoms with Gasteiger partial charge < -0.3 is 15.2 Å². The molecule has 5 nitrogen and oxygen atoms in total. The van der Waals surface area contributed by atoms with Crippen LogP contribution < -0.4 is 5.32 Å². The summed E-state index contributed by atoms with van der Waals surface area (Å²) in [6, 6.07) is 17.3. The summed E-state index contributed by atoms with van der Waals surface area (Å²) < 4.78 is 5.07. The van der Waals surface area contributed by atoms with Crippen molar-refractivity contribution in [2.24, 2.45) is 0 Å². The smallest absolute Gasteiger partial charge is 0.337 e. The van der Waals surface area contributed by atoms with E-state index in [2.05, 4.69) is 5.32 Å². The van der Waals surface area contributed by atoms with Crippen molar-refractivity contribution in [2.45, 2.75) is 38.5 Å². The van der Waals surface area contributed by atoms with Crippen molar-refractivity contribution in [2.75, 3.05) is 0 Å².